The van der Waals surface area contributed by atoms with Gasteiger partial charge in [0.15, 0.2) is 0 Å². The summed E-state index contributed by atoms with van der Waals surface area (Å²) < 4.78 is 15.1. The van der Waals surface area contributed by atoms with Crippen molar-refractivity contribution < 1.29 is 4.39 Å². The Bertz CT molecular complexity index is 1240. The second-order valence-electron chi connectivity index (χ2n) is 10.9. The average Bonchev–Trinajstić information content (AvgIpc) is 2.87. The molecule has 0 spiro atoms. The number of piperazine rings is 1. The molecular weight excluding hydrogens is 467 g/mol. The second kappa shape index (κ2) is 11.9. The van der Waals surface area contributed by atoms with Crippen molar-refractivity contribution in [1.29, 1.82) is 0 Å². The van der Waals surface area contributed by atoms with Crippen molar-refractivity contribution in [3.8, 4) is 11.3 Å². The summed E-state index contributed by atoms with van der Waals surface area (Å²) in [6.07, 6.45) is 5.73. The van der Waals surface area contributed by atoms with E-state index in [1.54, 1.807) is 29.0 Å². The number of hydrogen-bond donors (Lipinski definition) is 0. The van der Waals surface area contributed by atoms with Gasteiger partial charge in [0.25, 0.3) is 0 Å². The second-order valence-corrected chi connectivity index (χ2v) is 10.9. The Labute approximate surface area is 219 Å². The van der Waals surface area contributed by atoms with Crippen LogP contribution in [-0.4, -0.2) is 57.1 Å². The lowest BCUT2D eigenvalue weighted by atomic mass is 9.95. The third-order valence-corrected chi connectivity index (χ3v) is 6.76. The van der Waals surface area contributed by atoms with Crippen LogP contribution in [-0.2, 0) is 18.4 Å². The number of halogens is 1. The first-order valence-corrected chi connectivity index (χ1v) is 13.4. The first-order valence-electron chi connectivity index (χ1n) is 13.4. The summed E-state index contributed by atoms with van der Waals surface area (Å²) in [5.74, 6) is 1.64. The maximum absolute atomic E-state index is 13.5. The topological polar surface area (TPSA) is 67.2 Å². The first-order chi connectivity index (χ1) is 17.7. The van der Waals surface area contributed by atoms with Gasteiger partial charge in [-0.1, -0.05) is 46.2 Å². The Hall–Kier alpha value is -3.13. The number of benzene rings is 1. The van der Waals surface area contributed by atoms with Gasteiger partial charge in [-0.05, 0) is 44.0 Å². The molecule has 1 aliphatic heterocycles. The summed E-state index contributed by atoms with van der Waals surface area (Å²) in [5.41, 5.74) is 1.88. The van der Waals surface area contributed by atoms with Crippen LogP contribution in [0.1, 0.15) is 58.5 Å². The number of nitrogens with zero attached hydrogens (tertiary/aromatic N) is 6. The van der Waals surface area contributed by atoms with Crippen molar-refractivity contribution in [2.75, 3.05) is 37.6 Å². The SMILES string of the molecule is CCCc1cc(N2CCN(CCCCn3ccc(-c4cccc(F)c4)nc3=O)CC2)nc(C(C)(C)C)n1. The van der Waals surface area contributed by atoms with Gasteiger partial charge in [-0.2, -0.15) is 4.98 Å². The largest absolute Gasteiger partial charge is 0.354 e. The summed E-state index contributed by atoms with van der Waals surface area (Å²) in [6, 6.07) is 10.1. The predicted octanol–water partition coefficient (Wildman–Crippen LogP) is 4.69. The Morgan fingerprint density at radius 3 is 2.38 bits per heavy atom. The molecule has 0 amide bonds. The average molecular weight is 507 g/mol. The van der Waals surface area contributed by atoms with Gasteiger partial charge in [0.1, 0.15) is 17.5 Å². The molecular formula is C29H39FN6O. The number of rotatable bonds is 9. The normalized spacial score (nSPS) is 14.8. The number of anilines is 1. The number of hydrogen-bond acceptors (Lipinski definition) is 6. The molecule has 0 bridgehead atoms. The molecule has 198 valence electrons. The van der Waals surface area contributed by atoms with Crippen LogP contribution in [0, 0.1) is 5.82 Å². The molecule has 37 heavy (non-hydrogen) atoms. The van der Waals surface area contributed by atoms with Crippen LogP contribution in [0.2, 0.25) is 0 Å². The van der Waals surface area contributed by atoms with Crippen molar-refractivity contribution in [2.45, 2.75) is 65.3 Å². The van der Waals surface area contributed by atoms with Crippen molar-refractivity contribution in [3.05, 3.63) is 70.4 Å². The van der Waals surface area contributed by atoms with E-state index in [1.165, 1.54) is 12.1 Å². The lowest BCUT2D eigenvalue weighted by molar-refractivity contribution is 0.250. The minimum Gasteiger partial charge on any atom is -0.354 e. The van der Waals surface area contributed by atoms with Gasteiger partial charge in [-0.3, -0.25) is 9.47 Å². The molecule has 7 nitrogen and oxygen atoms in total. The fourth-order valence-corrected chi connectivity index (χ4v) is 4.59. The summed E-state index contributed by atoms with van der Waals surface area (Å²) in [4.78, 5) is 31.2. The fraction of sp³-hybridized carbons (Fsp3) is 0.517. The van der Waals surface area contributed by atoms with Crippen LogP contribution in [0.3, 0.4) is 0 Å². The molecule has 1 fully saturated rings. The van der Waals surface area contributed by atoms with Crippen molar-refractivity contribution in [3.63, 3.8) is 0 Å². The monoisotopic (exact) mass is 506 g/mol. The van der Waals surface area contributed by atoms with Crippen molar-refractivity contribution in [2.24, 2.45) is 0 Å². The van der Waals surface area contributed by atoms with E-state index in [0.29, 0.717) is 17.8 Å². The Morgan fingerprint density at radius 1 is 0.946 bits per heavy atom. The van der Waals surface area contributed by atoms with Crippen LogP contribution < -0.4 is 10.6 Å². The molecule has 3 heterocycles. The van der Waals surface area contributed by atoms with Gasteiger partial charge < -0.3 is 4.90 Å². The van der Waals surface area contributed by atoms with Gasteiger partial charge in [0, 0.05) is 61.7 Å². The molecule has 0 saturated carbocycles. The first kappa shape index (κ1) is 26.9. The van der Waals surface area contributed by atoms with E-state index in [0.717, 1.165) is 75.7 Å². The van der Waals surface area contributed by atoms with Gasteiger partial charge >= 0.3 is 5.69 Å². The summed E-state index contributed by atoms with van der Waals surface area (Å²) >= 11 is 0. The summed E-state index contributed by atoms with van der Waals surface area (Å²) in [7, 11) is 0. The highest BCUT2D eigenvalue weighted by molar-refractivity contribution is 5.58. The van der Waals surface area contributed by atoms with Gasteiger partial charge in [-0.15, -0.1) is 0 Å². The third-order valence-electron chi connectivity index (χ3n) is 6.76. The van der Waals surface area contributed by atoms with E-state index >= 15 is 0 Å². The summed E-state index contributed by atoms with van der Waals surface area (Å²) in [5, 5.41) is 0. The molecule has 0 N–H and O–H groups in total. The van der Waals surface area contributed by atoms with E-state index in [-0.39, 0.29) is 16.9 Å². The minimum atomic E-state index is -0.336. The number of aryl methyl sites for hydroxylation is 2. The highest BCUT2D eigenvalue weighted by Crippen LogP contribution is 2.24. The molecule has 4 rings (SSSR count). The van der Waals surface area contributed by atoms with Gasteiger partial charge in [0.2, 0.25) is 0 Å². The predicted molar refractivity (Wildman–Crippen MR) is 147 cm³/mol. The number of aromatic nitrogens is 4. The Kier molecular flexibility index (Phi) is 8.69. The molecule has 2 aromatic heterocycles. The van der Waals surface area contributed by atoms with Gasteiger partial charge in [-0.25, -0.2) is 19.2 Å². The van der Waals surface area contributed by atoms with Gasteiger partial charge in [0.05, 0.1) is 5.69 Å². The molecule has 0 atom stereocenters. The Morgan fingerprint density at radius 2 is 1.70 bits per heavy atom. The van der Waals surface area contributed by atoms with E-state index < -0.39 is 0 Å². The smallest absolute Gasteiger partial charge is 0.348 e. The van der Waals surface area contributed by atoms with Crippen LogP contribution in [0.15, 0.2) is 47.4 Å². The highest BCUT2D eigenvalue weighted by Gasteiger charge is 2.23. The van der Waals surface area contributed by atoms with E-state index in [2.05, 4.69) is 48.5 Å². The lowest BCUT2D eigenvalue weighted by Crippen LogP contribution is -2.47. The maximum atomic E-state index is 13.5. The van der Waals surface area contributed by atoms with E-state index in [9.17, 15) is 9.18 Å². The highest BCUT2D eigenvalue weighted by atomic mass is 19.1. The molecule has 1 saturated heterocycles. The molecule has 0 unspecified atom stereocenters. The van der Waals surface area contributed by atoms with Crippen molar-refractivity contribution in [1.82, 2.24) is 24.4 Å². The Balaban J connectivity index is 1.26. The van der Waals surface area contributed by atoms with Crippen LogP contribution in [0.4, 0.5) is 10.2 Å². The zero-order valence-electron chi connectivity index (χ0n) is 22.6. The van der Waals surface area contributed by atoms with E-state index in [4.69, 9.17) is 9.97 Å². The molecule has 0 aliphatic carbocycles. The third kappa shape index (κ3) is 7.22. The summed E-state index contributed by atoms with van der Waals surface area (Å²) in [6.45, 7) is 14.2. The lowest BCUT2D eigenvalue weighted by Gasteiger charge is -2.36. The molecule has 1 aliphatic rings. The van der Waals surface area contributed by atoms with Crippen LogP contribution in [0.5, 0.6) is 0 Å². The van der Waals surface area contributed by atoms with E-state index in [1.807, 2.05) is 0 Å². The maximum Gasteiger partial charge on any atom is 0.348 e. The minimum absolute atomic E-state index is 0.0718. The van der Waals surface area contributed by atoms with Crippen molar-refractivity contribution >= 4 is 5.82 Å². The molecule has 8 heteroatoms. The van der Waals surface area contributed by atoms with Crippen LogP contribution in [0.25, 0.3) is 11.3 Å². The zero-order valence-corrected chi connectivity index (χ0v) is 22.6. The molecule has 0 radical (unpaired) electrons. The standard InChI is InChI=1S/C29H39FN6O/c1-5-9-24-21-26(33-27(31-24)29(2,3)4)35-18-16-34(17-19-35)13-6-7-14-36-15-12-25(32-28(36)37)22-10-8-11-23(30)20-22/h8,10-12,15,20-21H,5-7,9,13-14,16-19H2,1-4H3. The van der Waals surface area contributed by atoms with Crippen LogP contribution >= 0.6 is 0 Å². The molecule has 3 aromatic rings. The number of unbranched alkanes of at least 4 members (excludes halogenated alkanes) is 1. The fourth-order valence-electron chi connectivity index (χ4n) is 4.59. The molecule has 1 aromatic carbocycles. The quantitative estimate of drug-likeness (QED) is 0.392. The zero-order chi connectivity index (χ0) is 26.4.